The summed E-state index contributed by atoms with van der Waals surface area (Å²) in [5.41, 5.74) is 19.7. The highest BCUT2D eigenvalue weighted by Gasteiger charge is 2.19. The van der Waals surface area contributed by atoms with Crippen molar-refractivity contribution in [1.29, 1.82) is 0 Å². The number of hydrogen-bond acceptors (Lipinski definition) is 2. The van der Waals surface area contributed by atoms with Crippen molar-refractivity contribution in [3.63, 3.8) is 0 Å². The van der Waals surface area contributed by atoms with Crippen molar-refractivity contribution in [1.82, 2.24) is 0 Å². The van der Waals surface area contributed by atoms with Crippen LogP contribution >= 0.6 is 31.9 Å². The third-order valence-corrected chi connectivity index (χ3v) is 16.7. The number of fused-ring (bicyclic) bond motifs is 2. The fourth-order valence-electron chi connectivity index (χ4n) is 11.6. The first kappa shape index (κ1) is 54.6. The summed E-state index contributed by atoms with van der Waals surface area (Å²) in [5.74, 6) is 0. The van der Waals surface area contributed by atoms with Crippen LogP contribution in [0.4, 0.5) is 34.1 Å². The van der Waals surface area contributed by atoms with Gasteiger partial charge in [0.2, 0.25) is 0 Å². The molecule has 0 aliphatic carbocycles. The Bertz CT molecular complexity index is 3370. The van der Waals surface area contributed by atoms with E-state index in [9.17, 15) is 0 Å². The summed E-state index contributed by atoms with van der Waals surface area (Å²) in [6.07, 6.45) is 17.9. The molecule has 0 N–H and O–H groups in total. The van der Waals surface area contributed by atoms with Gasteiger partial charge in [-0.05, 0) is 214 Å². The van der Waals surface area contributed by atoms with Gasteiger partial charge in [-0.15, -0.1) is 0 Å². The van der Waals surface area contributed by atoms with Gasteiger partial charge in [-0.25, -0.2) is 0 Å². The third kappa shape index (κ3) is 13.1. The summed E-state index contributed by atoms with van der Waals surface area (Å²) in [6, 6.07) is 77.1. The van der Waals surface area contributed by atoms with Crippen molar-refractivity contribution >= 4 is 87.5 Å². The smallest absolute Gasteiger partial charge is 0.0472 e. The highest BCUT2D eigenvalue weighted by molar-refractivity contribution is 9.10. The fourth-order valence-corrected chi connectivity index (χ4v) is 12.3. The van der Waals surface area contributed by atoms with E-state index in [4.69, 9.17) is 0 Å². The maximum absolute atomic E-state index is 3.76. The molecule has 0 aromatic heterocycles. The normalized spacial score (nSPS) is 11.4. The van der Waals surface area contributed by atoms with Gasteiger partial charge in [-0.3, -0.25) is 0 Å². The molecule has 0 atom stereocenters. The monoisotopic (exact) mass is 1150 g/mol. The van der Waals surface area contributed by atoms with Crippen LogP contribution in [-0.4, -0.2) is 0 Å². The first-order chi connectivity index (χ1) is 38.2. The van der Waals surface area contributed by atoms with E-state index in [1.165, 1.54) is 166 Å². The van der Waals surface area contributed by atoms with Crippen LogP contribution in [0, 0.1) is 13.8 Å². The molecule has 10 rings (SSSR count). The molecule has 78 heavy (non-hydrogen) atoms. The van der Waals surface area contributed by atoms with Crippen LogP contribution in [0.5, 0.6) is 0 Å². The summed E-state index contributed by atoms with van der Waals surface area (Å²) in [7, 11) is 0. The molecule has 394 valence electrons. The summed E-state index contributed by atoms with van der Waals surface area (Å²) < 4.78 is 2.13. The lowest BCUT2D eigenvalue weighted by Gasteiger charge is -2.26. The van der Waals surface area contributed by atoms with Crippen LogP contribution < -0.4 is 9.80 Å². The predicted octanol–water partition coefficient (Wildman–Crippen LogP) is 23.9. The average molecular weight is 1150 g/mol. The Labute approximate surface area is 482 Å². The molecule has 0 saturated carbocycles. The van der Waals surface area contributed by atoms with E-state index in [2.05, 4.69) is 276 Å². The molecule has 0 spiro atoms. The molecule has 0 amide bonds. The SMILES string of the molecule is CCCCCCCCc1cccc(N(c2ccc(-c3ccc4c(-c5c(C)ccc6cc(-c7ccc(N(c8cccc(Br)c8)c8cccc(CCCCCCCC)c8)cc7)ccc56)c(C)ccc4c3)cc2)c2cccc(Br)c2)c1. The van der Waals surface area contributed by atoms with E-state index < -0.39 is 0 Å². The van der Waals surface area contributed by atoms with E-state index in [0.717, 1.165) is 44.5 Å². The zero-order valence-corrected chi connectivity index (χ0v) is 49.4. The Morgan fingerprint density at radius 1 is 0.308 bits per heavy atom. The number of benzene rings is 10. The number of aryl methyl sites for hydroxylation is 4. The van der Waals surface area contributed by atoms with Gasteiger partial charge >= 0.3 is 0 Å². The number of anilines is 6. The van der Waals surface area contributed by atoms with Crippen LogP contribution in [-0.2, 0) is 12.8 Å². The maximum atomic E-state index is 3.76. The van der Waals surface area contributed by atoms with Gasteiger partial charge in [0.25, 0.3) is 0 Å². The molecule has 0 saturated heterocycles. The van der Waals surface area contributed by atoms with Gasteiger partial charge in [-0.1, -0.05) is 219 Å². The highest BCUT2D eigenvalue weighted by atomic mass is 79.9. The van der Waals surface area contributed by atoms with E-state index in [0.29, 0.717) is 0 Å². The van der Waals surface area contributed by atoms with Crippen LogP contribution in [0.25, 0.3) is 54.9 Å². The van der Waals surface area contributed by atoms with Crippen molar-refractivity contribution in [2.45, 2.75) is 118 Å². The van der Waals surface area contributed by atoms with Crippen LogP contribution in [0.3, 0.4) is 0 Å². The maximum Gasteiger partial charge on any atom is 0.0472 e. The van der Waals surface area contributed by atoms with Gasteiger partial charge in [0.1, 0.15) is 0 Å². The molecule has 0 heterocycles. The minimum atomic E-state index is 1.07. The number of hydrogen-bond donors (Lipinski definition) is 0. The summed E-state index contributed by atoms with van der Waals surface area (Å²) in [5, 5.41) is 5.03. The Kier molecular flexibility index (Phi) is 18.4. The molecule has 0 aliphatic rings. The molecule has 0 aliphatic heterocycles. The van der Waals surface area contributed by atoms with Gasteiger partial charge < -0.3 is 9.80 Å². The molecular formula is C74H74Br2N2. The first-order valence-electron chi connectivity index (χ1n) is 28.8. The topological polar surface area (TPSA) is 6.48 Å². The van der Waals surface area contributed by atoms with Crippen molar-refractivity contribution < 1.29 is 0 Å². The molecule has 0 unspecified atom stereocenters. The van der Waals surface area contributed by atoms with Gasteiger partial charge in [0.05, 0.1) is 0 Å². The van der Waals surface area contributed by atoms with Gasteiger partial charge in [-0.2, -0.15) is 0 Å². The quantitative estimate of drug-likeness (QED) is 0.0589. The second kappa shape index (κ2) is 26.3. The molecule has 4 heteroatoms. The summed E-state index contributed by atoms with van der Waals surface area (Å²) >= 11 is 7.53. The lowest BCUT2D eigenvalue weighted by Crippen LogP contribution is -2.10. The van der Waals surface area contributed by atoms with Crippen molar-refractivity contribution in [3.8, 4) is 33.4 Å². The highest BCUT2D eigenvalue weighted by Crippen LogP contribution is 2.43. The standard InChI is InChI=1S/C74H74Br2N2/c1-5-7-9-11-13-15-21-55-23-17-27-67(47-55)77(69-29-19-25-63(75)51-69)65-41-35-57(36-42-65)59-39-45-71-61(49-59)33-31-53(3)73(71)74-54(4)32-34-62-50-60(40-46-72(62)74)58-37-43-66(44-38-58)78(70-30-20-26-64(76)52-70)68-28-18-24-56(48-68)22-16-14-12-10-8-6-2/h17-20,23-52H,5-16,21-22H2,1-4H3. The molecule has 10 aromatic carbocycles. The minimum Gasteiger partial charge on any atom is -0.310 e. The fraction of sp³-hybridized carbons (Fsp3) is 0.243. The van der Waals surface area contributed by atoms with Crippen LogP contribution in [0.2, 0.25) is 0 Å². The van der Waals surface area contributed by atoms with E-state index in [1.54, 1.807) is 0 Å². The zero-order chi connectivity index (χ0) is 53.8. The molecule has 2 nitrogen and oxygen atoms in total. The Hall–Kier alpha value is -6.72. The Morgan fingerprint density at radius 2 is 0.667 bits per heavy atom. The van der Waals surface area contributed by atoms with Gasteiger partial charge in [0, 0.05) is 43.1 Å². The van der Waals surface area contributed by atoms with Crippen molar-refractivity contribution in [3.05, 3.63) is 237 Å². The average Bonchev–Trinajstić information content (AvgIpc) is 3.47. The number of halogens is 2. The largest absolute Gasteiger partial charge is 0.310 e. The zero-order valence-electron chi connectivity index (χ0n) is 46.2. The van der Waals surface area contributed by atoms with E-state index in [1.807, 2.05) is 0 Å². The molecular weight excluding hydrogens is 1080 g/mol. The number of rotatable bonds is 23. The lowest BCUT2D eigenvalue weighted by atomic mass is 9.86. The molecule has 0 radical (unpaired) electrons. The molecule has 10 aromatic rings. The van der Waals surface area contributed by atoms with E-state index >= 15 is 0 Å². The second-order valence-electron chi connectivity index (χ2n) is 21.5. The van der Waals surface area contributed by atoms with Crippen molar-refractivity contribution in [2.24, 2.45) is 0 Å². The summed E-state index contributed by atoms with van der Waals surface area (Å²) in [6.45, 7) is 9.10. The van der Waals surface area contributed by atoms with Crippen LogP contribution in [0.1, 0.15) is 113 Å². The first-order valence-corrected chi connectivity index (χ1v) is 30.4. The Balaban J connectivity index is 0.909. The van der Waals surface area contributed by atoms with Crippen molar-refractivity contribution in [2.75, 3.05) is 9.80 Å². The number of unbranched alkanes of at least 4 members (excludes halogenated alkanes) is 10. The Morgan fingerprint density at radius 3 is 1.06 bits per heavy atom. The predicted molar refractivity (Wildman–Crippen MR) is 346 cm³/mol. The van der Waals surface area contributed by atoms with Crippen LogP contribution in [0.15, 0.2) is 215 Å². The lowest BCUT2D eigenvalue weighted by molar-refractivity contribution is 0.607. The minimum absolute atomic E-state index is 1.07. The summed E-state index contributed by atoms with van der Waals surface area (Å²) in [4.78, 5) is 4.77. The molecule has 0 bridgehead atoms. The third-order valence-electron chi connectivity index (χ3n) is 15.7. The number of nitrogens with zero attached hydrogens (tertiary/aromatic N) is 2. The second-order valence-corrected chi connectivity index (χ2v) is 23.3. The van der Waals surface area contributed by atoms with Gasteiger partial charge in [0.15, 0.2) is 0 Å². The molecule has 0 fully saturated rings. The van der Waals surface area contributed by atoms with E-state index in [-0.39, 0.29) is 0 Å².